The minimum atomic E-state index is 0.864. The summed E-state index contributed by atoms with van der Waals surface area (Å²) in [4.78, 5) is 0. The van der Waals surface area contributed by atoms with E-state index in [0.29, 0.717) is 0 Å². The second-order valence-electron chi connectivity index (χ2n) is 4.61. The zero-order valence-electron chi connectivity index (χ0n) is 10.5. The lowest BCUT2D eigenvalue weighted by Gasteiger charge is -2.02. The van der Waals surface area contributed by atoms with E-state index in [0.717, 1.165) is 5.56 Å². The van der Waals surface area contributed by atoms with E-state index in [4.69, 9.17) is 6.92 Å². The van der Waals surface area contributed by atoms with E-state index >= 15 is 0 Å². The van der Waals surface area contributed by atoms with E-state index in [-0.39, 0.29) is 0 Å². The molecule has 0 heteroatoms. The summed E-state index contributed by atoms with van der Waals surface area (Å²) in [5.41, 5.74) is 2.28. The smallest absolute Gasteiger partial charge is 0.00120 e. The van der Waals surface area contributed by atoms with Crippen molar-refractivity contribution in [3.63, 3.8) is 0 Å². The molecule has 1 rings (SSSR count). The molecule has 0 aliphatic heterocycles. The summed E-state index contributed by atoms with van der Waals surface area (Å²) in [5, 5.41) is 0. The minimum Gasteiger partial charge on any atom is -0.0654 e. The van der Waals surface area contributed by atoms with Crippen LogP contribution in [0.5, 0.6) is 0 Å². The molecule has 1 aromatic carbocycles. The van der Waals surface area contributed by atoms with E-state index < -0.39 is 0 Å². The highest BCUT2D eigenvalue weighted by molar-refractivity contribution is 5.24. The Morgan fingerprint density at radius 3 is 2.00 bits per heavy atom. The van der Waals surface area contributed by atoms with Crippen molar-refractivity contribution in [3.8, 4) is 0 Å². The molecule has 0 saturated carbocycles. The molecule has 0 heterocycles. The minimum absolute atomic E-state index is 0.864. The molecule has 0 aromatic heterocycles. The molecule has 0 fully saturated rings. The van der Waals surface area contributed by atoms with Crippen LogP contribution in [0.25, 0.3) is 0 Å². The predicted octanol–water partition coefficient (Wildman–Crippen LogP) is 5.04. The standard InChI is InChI=1S/C16H24/c1-3-4-5-6-7-8-9-10-16-13-11-15(2)12-14-16/h2,11-14H,3-10H2,1H3. The van der Waals surface area contributed by atoms with Gasteiger partial charge < -0.3 is 0 Å². The predicted molar refractivity (Wildman–Crippen MR) is 71.5 cm³/mol. The van der Waals surface area contributed by atoms with Crippen molar-refractivity contribution < 1.29 is 0 Å². The molecule has 0 spiro atoms. The Balaban J connectivity index is 2.01. The maximum absolute atomic E-state index is 5.65. The van der Waals surface area contributed by atoms with Gasteiger partial charge in [0, 0.05) is 0 Å². The van der Waals surface area contributed by atoms with Gasteiger partial charge in [-0.25, -0.2) is 0 Å². The number of hydrogen-bond acceptors (Lipinski definition) is 0. The van der Waals surface area contributed by atoms with Crippen LogP contribution in [0.15, 0.2) is 24.3 Å². The van der Waals surface area contributed by atoms with E-state index in [1.807, 2.05) is 12.1 Å². The van der Waals surface area contributed by atoms with Crippen molar-refractivity contribution in [2.75, 3.05) is 0 Å². The summed E-state index contributed by atoms with van der Waals surface area (Å²) in [6.07, 6.45) is 10.9. The second kappa shape index (κ2) is 8.38. The topological polar surface area (TPSA) is 0 Å². The van der Waals surface area contributed by atoms with Crippen molar-refractivity contribution in [2.45, 2.75) is 58.3 Å². The lowest BCUT2D eigenvalue weighted by atomic mass is 10.0. The fraction of sp³-hybridized carbons (Fsp3) is 0.562. The molecular formula is C16H24. The van der Waals surface area contributed by atoms with Crippen LogP contribution in [-0.4, -0.2) is 0 Å². The first-order valence-electron chi connectivity index (χ1n) is 6.67. The third-order valence-corrected chi connectivity index (χ3v) is 3.05. The fourth-order valence-corrected chi connectivity index (χ4v) is 1.97. The highest BCUT2D eigenvalue weighted by Gasteiger charge is 1.94. The average Bonchev–Trinajstić information content (AvgIpc) is 2.30. The van der Waals surface area contributed by atoms with Crippen LogP contribution < -0.4 is 0 Å². The van der Waals surface area contributed by atoms with Crippen LogP contribution in [0.2, 0.25) is 0 Å². The summed E-state index contributed by atoms with van der Waals surface area (Å²) < 4.78 is 0. The Morgan fingerprint density at radius 2 is 1.38 bits per heavy atom. The van der Waals surface area contributed by atoms with Gasteiger partial charge >= 0.3 is 0 Å². The highest BCUT2D eigenvalue weighted by Crippen LogP contribution is 2.11. The summed E-state index contributed by atoms with van der Waals surface area (Å²) in [7, 11) is 0. The Kier molecular flexibility index (Phi) is 6.96. The van der Waals surface area contributed by atoms with Crippen LogP contribution >= 0.6 is 0 Å². The normalized spacial score (nSPS) is 10.6. The molecule has 0 aliphatic carbocycles. The zero-order valence-corrected chi connectivity index (χ0v) is 10.5. The molecule has 16 heavy (non-hydrogen) atoms. The molecule has 0 saturated heterocycles. The monoisotopic (exact) mass is 216 g/mol. The molecule has 0 nitrogen and oxygen atoms in total. The molecule has 2 radical (unpaired) electrons. The summed E-state index contributed by atoms with van der Waals surface area (Å²) >= 11 is 0. The molecule has 0 unspecified atom stereocenters. The molecule has 0 amide bonds. The van der Waals surface area contributed by atoms with Crippen LogP contribution in [0.1, 0.15) is 63.0 Å². The fourth-order valence-electron chi connectivity index (χ4n) is 1.97. The third-order valence-electron chi connectivity index (χ3n) is 3.05. The maximum Gasteiger partial charge on any atom is -0.00120 e. The Labute approximate surface area is 101 Å². The maximum atomic E-state index is 5.65. The lowest BCUT2D eigenvalue weighted by molar-refractivity contribution is 0.589. The van der Waals surface area contributed by atoms with Gasteiger partial charge in [0.15, 0.2) is 0 Å². The second-order valence-corrected chi connectivity index (χ2v) is 4.61. The van der Waals surface area contributed by atoms with Gasteiger partial charge in [-0.3, -0.25) is 0 Å². The lowest BCUT2D eigenvalue weighted by Crippen LogP contribution is -1.86. The summed E-state index contributed by atoms with van der Waals surface area (Å²) in [6, 6.07) is 8.28. The highest BCUT2D eigenvalue weighted by atomic mass is 14.0. The van der Waals surface area contributed by atoms with Gasteiger partial charge in [0.25, 0.3) is 0 Å². The number of unbranched alkanes of at least 4 members (excludes halogenated alkanes) is 6. The van der Waals surface area contributed by atoms with Gasteiger partial charge in [-0.1, -0.05) is 69.7 Å². The quantitative estimate of drug-likeness (QED) is 0.534. The Hall–Kier alpha value is -0.780. The first-order valence-corrected chi connectivity index (χ1v) is 6.67. The number of benzene rings is 1. The van der Waals surface area contributed by atoms with Crippen LogP contribution in [0.4, 0.5) is 0 Å². The first kappa shape index (κ1) is 13.3. The van der Waals surface area contributed by atoms with Gasteiger partial charge in [-0.05, 0) is 30.9 Å². The molecule has 88 valence electrons. The van der Waals surface area contributed by atoms with Gasteiger partial charge in [-0.2, -0.15) is 0 Å². The average molecular weight is 216 g/mol. The largest absolute Gasteiger partial charge is 0.0654 e. The number of hydrogen-bond donors (Lipinski definition) is 0. The van der Waals surface area contributed by atoms with Crippen LogP contribution in [0, 0.1) is 6.92 Å². The SMILES string of the molecule is [CH]c1ccc(CCCCCCCCC)cc1. The Morgan fingerprint density at radius 1 is 0.812 bits per heavy atom. The molecule has 1 aromatic rings. The van der Waals surface area contributed by atoms with Gasteiger partial charge in [0.05, 0.1) is 0 Å². The van der Waals surface area contributed by atoms with Crippen LogP contribution in [0.3, 0.4) is 0 Å². The Bertz CT molecular complexity index is 258. The molecule has 0 aliphatic rings. The van der Waals surface area contributed by atoms with Crippen molar-refractivity contribution in [1.29, 1.82) is 0 Å². The van der Waals surface area contributed by atoms with Crippen molar-refractivity contribution in [3.05, 3.63) is 42.3 Å². The van der Waals surface area contributed by atoms with Crippen LogP contribution in [-0.2, 0) is 6.42 Å². The summed E-state index contributed by atoms with van der Waals surface area (Å²) in [6.45, 7) is 7.91. The van der Waals surface area contributed by atoms with Crippen molar-refractivity contribution in [2.24, 2.45) is 0 Å². The van der Waals surface area contributed by atoms with Crippen molar-refractivity contribution in [1.82, 2.24) is 0 Å². The van der Waals surface area contributed by atoms with E-state index in [1.165, 1.54) is 56.9 Å². The van der Waals surface area contributed by atoms with Gasteiger partial charge in [0.2, 0.25) is 0 Å². The zero-order chi connectivity index (χ0) is 11.6. The van der Waals surface area contributed by atoms with E-state index in [2.05, 4.69) is 19.1 Å². The molecule has 0 bridgehead atoms. The first-order chi connectivity index (χ1) is 7.83. The molecular weight excluding hydrogens is 192 g/mol. The van der Waals surface area contributed by atoms with E-state index in [1.54, 1.807) is 0 Å². The van der Waals surface area contributed by atoms with E-state index in [9.17, 15) is 0 Å². The van der Waals surface area contributed by atoms with Crippen molar-refractivity contribution >= 4 is 0 Å². The van der Waals surface area contributed by atoms with Gasteiger partial charge in [0.1, 0.15) is 0 Å². The molecule has 0 N–H and O–H groups in total. The number of rotatable bonds is 8. The number of aryl methyl sites for hydroxylation is 1. The third kappa shape index (κ3) is 5.95. The summed E-state index contributed by atoms with van der Waals surface area (Å²) in [5.74, 6) is 0. The molecule has 0 atom stereocenters. The van der Waals surface area contributed by atoms with Gasteiger partial charge in [-0.15, -0.1) is 0 Å².